The predicted molar refractivity (Wildman–Crippen MR) is 86.4 cm³/mol. The van der Waals surface area contributed by atoms with Gasteiger partial charge in [-0.1, -0.05) is 48.5 Å². The van der Waals surface area contributed by atoms with E-state index in [4.69, 9.17) is 11.6 Å². The zero-order valence-electron chi connectivity index (χ0n) is 11.5. The Labute approximate surface area is 129 Å². The number of fused-ring (bicyclic) bond motifs is 1. The van der Waals surface area contributed by atoms with E-state index in [-0.39, 0.29) is 12.0 Å². The van der Waals surface area contributed by atoms with E-state index < -0.39 is 0 Å². The quantitative estimate of drug-likeness (QED) is 0.730. The van der Waals surface area contributed by atoms with Gasteiger partial charge in [-0.2, -0.15) is 0 Å². The predicted octanol–water partition coefficient (Wildman–Crippen LogP) is 4.25. The zero-order chi connectivity index (χ0) is 14.7. The molecular weight excluding hydrogens is 282 g/mol. The monoisotopic (exact) mass is 297 g/mol. The minimum absolute atomic E-state index is 0.0506. The van der Waals surface area contributed by atoms with E-state index in [1.165, 1.54) is 0 Å². The van der Waals surface area contributed by atoms with Crippen LogP contribution in [0, 0.1) is 0 Å². The first-order chi connectivity index (χ1) is 10.3. The number of aromatic nitrogens is 1. The van der Waals surface area contributed by atoms with Crippen LogP contribution in [0.25, 0.3) is 10.9 Å². The van der Waals surface area contributed by atoms with Crippen molar-refractivity contribution in [2.45, 2.75) is 18.4 Å². The summed E-state index contributed by atoms with van der Waals surface area (Å²) in [6.07, 6.45) is 0.695. The molecule has 3 rings (SSSR count). The maximum Gasteiger partial charge on any atom is 0.0797 e. The molecule has 2 nitrogen and oxygen atoms in total. The van der Waals surface area contributed by atoms with Crippen LogP contribution in [0.3, 0.4) is 0 Å². The lowest BCUT2D eigenvalue weighted by molar-refractivity contribution is 0.281. The lowest BCUT2D eigenvalue weighted by atomic mass is 10.0. The number of nitrogens with zero attached hydrogens (tertiary/aromatic N) is 1. The fourth-order valence-corrected chi connectivity index (χ4v) is 2.72. The standard InChI is InChI=1S/C18H16ClNO/c19-16(11-13-4-3-5-14(10-13)12-21)18-9-8-15-6-1-2-7-17(15)20-18/h1-10,16,21H,11-12H2. The largest absolute Gasteiger partial charge is 0.392 e. The van der Waals surface area contributed by atoms with Crippen molar-refractivity contribution in [3.05, 3.63) is 77.5 Å². The molecule has 1 atom stereocenters. The first-order valence-corrected chi connectivity index (χ1v) is 7.38. The third-order valence-corrected chi connectivity index (χ3v) is 3.91. The second-order valence-corrected chi connectivity index (χ2v) is 5.61. The van der Waals surface area contributed by atoms with Crippen LogP contribution in [0.2, 0.25) is 0 Å². The Morgan fingerprint density at radius 2 is 1.76 bits per heavy atom. The van der Waals surface area contributed by atoms with E-state index in [9.17, 15) is 5.11 Å². The summed E-state index contributed by atoms with van der Waals surface area (Å²) in [7, 11) is 0. The van der Waals surface area contributed by atoms with Crippen molar-refractivity contribution < 1.29 is 5.11 Å². The molecule has 106 valence electrons. The molecule has 0 saturated carbocycles. The summed E-state index contributed by atoms with van der Waals surface area (Å²) in [6.45, 7) is 0.0506. The number of para-hydroxylation sites is 1. The second kappa shape index (κ2) is 6.25. The highest BCUT2D eigenvalue weighted by molar-refractivity contribution is 6.20. The highest BCUT2D eigenvalue weighted by Gasteiger charge is 2.11. The van der Waals surface area contributed by atoms with Crippen molar-refractivity contribution in [2.24, 2.45) is 0 Å². The van der Waals surface area contributed by atoms with Gasteiger partial charge >= 0.3 is 0 Å². The Kier molecular flexibility index (Phi) is 4.18. The van der Waals surface area contributed by atoms with Crippen molar-refractivity contribution in [1.82, 2.24) is 4.98 Å². The number of halogens is 1. The molecule has 1 heterocycles. The van der Waals surface area contributed by atoms with Crippen molar-refractivity contribution >= 4 is 22.5 Å². The van der Waals surface area contributed by atoms with Crippen LogP contribution in [-0.2, 0) is 13.0 Å². The molecule has 0 spiro atoms. The van der Waals surface area contributed by atoms with Gasteiger partial charge in [-0.05, 0) is 29.7 Å². The Hall–Kier alpha value is -1.90. The van der Waals surface area contributed by atoms with Crippen LogP contribution in [0.15, 0.2) is 60.7 Å². The normalized spacial score (nSPS) is 12.5. The number of benzene rings is 2. The summed E-state index contributed by atoms with van der Waals surface area (Å²) < 4.78 is 0. The molecule has 1 unspecified atom stereocenters. The molecule has 0 bridgehead atoms. The summed E-state index contributed by atoms with van der Waals surface area (Å²) in [6, 6.07) is 19.9. The Bertz CT molecular complexity index is 757. The van der Waals surface area contributed by atoms with Gasteiger partial charge in [0.25, 0.3) is 0 Å². The number of pyridine rings is 1. The van der Waals surface area contributed by atoms with E-state index in [0.717, 1.165) is 27.7 Å². The summed E-state index contributed by atoms with van der Waals surface area (Å²) in [5, 5.41) is 10.1. The fraction of sp³-hybridized carbons (Fsp3) is 0.167. The molecule has 0 aliphatic rings. The van der Waals surface area contributed by atoms with Gasteiger partial charge < -0.3 is 5.11 Å². The number of hydrogen-bond donors (Lipinski definition) is 1. The first kappa shape index (κ1) is 14.1. The molecule has 0 fully saturated rings. The molecule has 0 aliphatic carbocycles. The third kappa shape index (κ3) is 3.23. The number of aliphatic hydroxyl groups is 1. The summed E-state index contributed by atoms with van der Waals surface area (Å²) in [4.78, 5) is 4.63. The smallest absolute Gasteiger partial charge is 0.0797 e. The molecule has 1 aromatic heterocycles. The fourth-order valence-electron chi connectivity index (χ4n) is 2.42. The van der Waals surface area contributed by atoms with Crippen LogP contribution < -0.4 is 0 Å². The van der Waals surface area contributed by atoms with E-state index in [1.54, 1.807) is 0 Å². The maximum absolute atomic E-state index is 9.19. The molecule has 2 aromatic carbocycles. The van der Waals surface area contributed by atoms with Crippen molar-refractivity contribution in [1.29, 1.82) is 0 Å². The van der Waals surface area contributed by atoms with Crippen LogP contribution >= 0.6 is 11.6 Å². The highest BCUT2D eigenvalue weighted by atomic mass is 35.5. The Morgan fingerprint density at radius 3 is 2.62 bits per heavy atom. The van der Waals surface area contributed by atoms with Gasteiger partial charge in [0.2, 0.25) is 0 Å². The van der Waals surface area contributed by atoms with Gasteiger partial charge in [-0.25, -0.2) is 0 Å². The van der Waals surface area contributed by atoms with Crippen LogP contribution in [-0.4, -0.2) is 10.1 Å². The Balaban J connectivity index is 1.84. The van der Waals surface area contributed by atoms with E-state index in [2.05, 4.69) is 11.1 Å². The molecule has 3 aromatic rings. The van der Waals surface area contributed by atoms with Crippen LogP contribution in [0.1, 0.15) is 22.2 Å². The Morgan fingerprint density at radius 1 is 0.952 bits per heavy atom. The van der Waals surface area contributed by atoms with Gasteiger partial charge in [-0.15, -0.1) is 11.6 Å². The van der Waals surface area contributed by atoms with E-state index in [0.29, 0.717) is 6.42 Å². The maximum atomic E-state index is 9.19. The summed E-state index contributed by atoms with van der Waals surface area (Å²) in [5.41, 5.74) is 3.86. The molecule has 0 aliphatic heterocycles. The van der Waals surface area contributed by atoms with Gasteiger partial charge in [0.1, 0.15) is 0 Å². The van der Waals surface area contributed by atoms with Gasteiger partial charge in [0, 0.05) is 5.39 Å². The number of hydrogen-bond acceptors (Lipinski definition) is 2. The molecule has 0 radical (unpaired) electrons. The molecule has 0 amide bonds. The molecule has 0 saturated heterocycles. The first-order valence-electron chi connectivity index (χ1n) is 6.95. The number of rotatable bonds is 4. The summed E-state index contributed by atoms with van der Waals surface area (Å²) in [5.74, 6) is 0. The summed E-state index contributed by atoms with van der Waals surface area (Å²) >= 11 is 6.51. The lowest BCUT2D eigenvalue weighted by Crippen LogP contribution is -1.99. The molecule has 1 N–H and O–H groups in total. The van der Waals surface area contributed by atoms with Crippen molar-refractivity contribution in [3.63, 3.8) is 0 Å². The van der Waals surface area contributed by atoms with Crippen LogP contribution in [0.4, 0.5) is 0 Å². The molecular formula is C18H16ClNO. The van der Waals surface area contributed by atoms with Gasteiger partial charge in [0.15, 0.2) is 0 Å². The molecule has 3 heteroatoms. The second-order valence-electron chi connectivity index (χ2n) is 5.08. The SMILES string of the molecule is OCc1cccc(CC(Cl)c2ccc3ccccc3n2)c1. The average Bonchev–Trinajstić information content (AvgIpc) is 2.54. The third-order valence-electron chi connectivity index (χ3n) is 3.53. The van der Waals surface area contributed by atoms with Crippen LogP contribution in [0.5, 0.6) is 0 Å². The number of alkyl halides is 1. The van der Waals surface area contributed by atoms with Gasteiger partial charge in [-0.3, -0.25) is 4.98 Å². The zero-order valence-corrected chi connectivity index (χ0v) is 12.3. The number of aliphatic hydroxyl groups excluding tert-OH is 1. The lowest BCUT2D eigenvalue weighted by Gasteiger charge is -2.11. The van der Waals surface area contributed by atoms with Gasteiger partial charge in [0.05, 0.1) is 23.2 Å². The average molecular weight is 298 g/mol. The minimum Gasteiger partial charge on any atom is -0.392 e. The van der Waals surface area contributed by atoms with E-state index >= 15 is 0 Å². The van der Waals surface area contributed by atoms with E-state index in [1.807, 2.05) is 54.6 Å². The minimum atomic E-state index is -0.177. The molecule has 21 heavy (non-hydrogen) atoms. The highest BCUT2D eigenvalue weighted by Crippen LogP contribution is 2.25. The van der Waals surface area contributed by atoms with Crippen molar-refractivity contribution in [3.8, 4) is 0 Å². The van der Waals surface area contributed by atoms with Crippen molar-refractivity contribution in [2.75, 3.05) is 0 Å². The topological polar surface area (TPSA) is 33.1 Å².